The SMILES string of the molecule is CS(=O)(=O)Nc1cccc(NC(=O)C2CCCCN2)c1.Cl. The Labute approximate surface area is 131 Å². The molecule has 8 heteroatoms. The molecular weight excluding hydrogens is 314 g/mol. The van der Waals surface area contributed by atoms with Crippen LogP contribution in [-0.4, -0.2) is 33.2 Å². The van der Waals surface area contributed by atoms with Crippen molar-refractivity contribution in [1.82, 2.24) is 5.32 Å². The van der Waals surface area contributed by atoms with E-state index in [9.17, 15) is 13.2 Å². The molecule has 1 fully saturated rings. The Morgan fingerprint density at radius 3 is 2.62 bits per heavy atom. The van der Waals surface area contributed by atoms with Crippen LogP contribution in [0.15, 0.2) is 24.3 Å². The van der Waals surface area contributed by atoms with Crippen LogP contribution in [0.25, 0.3) is 0 Å². The number of benzene rings is 1. The molecule has 0 aromatic heterocycles. The lowest BCUT2D eigenvalue weighted by Crippen LogP contribution is -2.43. The van der Waals surface area contributed by atoms with E-state index in [1.807, 2.05) is 0 Å². The highest BCUT2D eigenvalue weighted by molar-refractivity contribution is 7.92. The molecule has 1 unspecified atom stereocenters. The number of carbonyl (C=O) groups excluding carboxylic acids is 1. The van der Waals surface area contributed by atoms with E-state index in [2.05, 4.69) is 15.4 Å². The largest absolute Gasteiger partial charge is 0.325 e. The Morgan fingerprint density at radius 1 is 1.29 bits per heavy atom. The molecule has 1 aliphatic heterocycles. The molecule has 1 amide bonds. The molecule has 0 aliphatic carbocycles. The van der Waals surface area contributed by atoms with Crippen LogP contribution in [0.4, 0.5) is 11.4 Å². The predicted octanol–water partition coefficient (Wildman–Crippen LogP) is 1.56. The normalized spacial score (nSPS) is 18.4. The van der Waals surface area contributed by atoms with Gasteiger partial charge in [-0.05, 0) is 37.6 Å². The van der Waals surface area contributed by atoms with Gasteiger partial charge in [0.25, 0.3) is 0 Å². The van der Waals surface area contributed by atoms with Crippen molar-refractivity contribution < 1.29 is 13.2 Å². The fraction of sp³-hybridized carbons (Fsp3) is 0.462. The third kappa shape index (κ3) is 5.91. The number of hydrogen-bond donors (Lipinski definition) is 3. The van der Waals surface area contributed by atoms with Crippen LogP contribution in [0.1, 0.15) is 19.3 Å². The van der Waals surface area contributed by atoms with E-state index in [-0.39, 0.29) is 24.4 Å². The lowest BCUT2D eigenvalue weighted by Gasteiger charge is -2.22. The van der Waals surface area contributed by atoms with Crippen LogP contribution >= 0.6 is 12.4 Å². The standard InChI is InChI=1S/C13H19N3O3S.ClH/c1-20(18,19)16-11-6-4-5-10(9-11)15-13(17)12-7-2-3-8-14-12;/h4-6,9,12,14,16H,2-3,7-8H2,1H3,(H,15,17);1H. The fourth-order valence-corrected chi connectivity index (χ4v) is 2.73. The molecule has 2 rings (SSSR count). The number of rotatable bonds is 4. The monoisotopic (exact) mass is 333 g/mol. The highest BCUT2D eigenvalue weighted by Gasteiger charge is 2.20. The van der Waals surface area contributed by atoms with Gasteiger partial charge < -0.3 is 10.6 Å². The van der Waals surface area contributed by atoms with E-state index in [4.69, 9.17) is 0 Å². The van der Waals surface area contributed by atoms with Crippen LogP contribution < -0.4 is 15.4 Å². The Balaban J connectivity index is 0.00000220. The van der Waals surface area contributed by atoms with Crippen LogP contribution in [0.2, 0.25) is 0 Å². The summed E-state index contributed by atoms with van der Waals surface area (Å²) in [5, 5.41) is 5.97. The molecule has 0 spiro atoms. The maximum absolute atomic E-state index is 12.1. The third-order valence-corrected chi connectivity index (χ3v) is 3.67. The lowest BCUT2D eigenvalue weighted by atomic mass is 10.0. The van der Waals surface area contributed by atoms with Gasteiger partial charge in [-0.1, -0.05) is 12.5 Å². The fourth-order valence-electron chi connectivity index (χ4n) is 2.18. The molecule has 1 aliphatic rings. The Morgan fingerprint density at radius 2 is 2.00 bits per heavy atom. The maximum atomic E-state index is 12.1. The minimum Gasteiger partial charge on any atom is -0.325 e. The van der Waals surface area contributed by atoms with Gasteiger partial charge in [0.1, 0.15) is 0 Å². The highest BCUT2D eigenvalue weighted by Crippen LogP contribution is 2.17. The first kappa shape index (κ1) is 17.7. The van der Waals surface area contributed by atoms with Gasteiger partial charge >= 0.3 is 0 Å². The van der Waals surface area contributed by atoms with Gasteiger partial charge in [0.05, 0.1) is 18.0 Å². The Hall–Kier alpha value is -1.31. The number of sulfonamides is 1. The van der Waals surface area contributed by atoms with Crippen molar-refractivity contribution in [2.45, 2.75) is 25.3 Å². The molecule has 1 aromatic rings. The number of hydrogen-bond acceptors (Lipinski definition) is 4. The highest BCUT2D eigenvalue weighted by atomic mass is 35.5. The summed E-state index contributed by atoms with van der Waals surface area (Å²) in [6, 6.07) is 6.48. The van der Waals surface area contributed by atoms with Gasteiger partial charge in [-0.3, -0.25) is 9.52 Å². The summed E-state index contributed by atoms with van der Waals surface area (Å²) in [5.74, 6) is -0.0822. The van der Waals surface area contributed by atoms with E-state index in [0.29, 0.717) is 11.4 Å². The van der Waals surface area contributed by atoms with E-state index >= 15 is 0 Å². The molecule has 21 heavy (non-hydrogen) atoms. The second-order valence-electron chi connectivity index (χ2n) is 4.95. The zero-order valence-electron chi connectivity index (χ0n) is 11.8. The number of nitrogens with one attached hydrogen (secondary N) is 3. The van der Waals surface area contributed by atoms with Crippen molar-refractivity contribution in [3.8, 4) is 0 Å². The molecule has 0 bridgehead atoms. The minimum atomic E-state index is -3.32. The minimum absolute atomic E-state index is 0. The van der Waals surface area contributed by atoms with Crippen molar-refractivity contribution in [2.75, 3.05) is 22.8 Å². The summed E-state index contributed by atoms with van der Waals surface area (Å²) >= 11 is 0. The van der Waals surface area contributed by atoms with Crippen molar-refractivity contribution in [3.05, 3.63) is 24.3 Å². The van der Waals surface area contributed by atoms with Gasteiger partial charge in [-0.2, -0.15) is 0 Å². The second-order valence-corrected chi connectivity index (χ2v) is 6.70. The molecule has 3 N–H and O–H groups in total. The van der Waals surface area contributed by atoms with E-state index in [1.165, 1.54) is 0 Å². The molecule has 1 atom stereocenters. The first-order valence-electron chi connectivity index (χ1n) is 6.56. The molecule has 0 saturated carbocycles. The first-order chi connectivity index (χ1) is 9.44. The van der Waals surface area contributed by atoms with Crippen LogP contribution in [-0.2, 0) is 14.8 Å². The third-order valence-electron chi connectivity index (χ3n) is 3.06. The molecule has 0 radical (unpaired) electrons. The predicted molar refractivity (Wildman–Crippen MR) is 86.4 cm³/mol. The van der Waals surface area contributed by atoms with E-state index < -0.39 is 10.0 Å². The lowest BCUT2D eigenvalue weighted by molar-refractivity contribution is -0.118. The zero-order chi connectivity index (χ0) is 14.6. The number of piperidine rings is 1. The molecule has 118 valence electrons. The van der Waals surface area contributed by atoms with Gasteiger partial charge in [-0.15, -0.1) is 12.4 Å². The van der Waals surface area contributed by atoms with Gasteiger partial charge in [0, 0.05) is 5.69 Å². The smallest absolute Gasteiger partial charge is 0.241 e. The summed E-state index contributed by atoms with van der Waals surface area (Å²) in [6.07, 6.45) is 4.05. The summed E-state index contributed by atoms with van der Waals surface area (Å²) < 4.78 is 24.7. The zero-order valence-corrected chi connectivity index (χ0v) is 13.4. The number of halogens is 1. The second kappa shape index (κ2) is 7.63. The summed E-state index contributed by atoms with van der Waals surface area (Å²) in [7, 11) is -3.32. The van der Waals surface area contributed by atoms with E-state index in [0.717, 1.165) is 32.1 Å². The molecule has 6 nitrogen and oxygen atoms in total. The van der Waals surface area contributed by atoms with Gasteiger partial charge in [0.2, 0.25) is 15.9 Å². The van der Waals surface area contributed by atoms with Gasteiger partial charge in [-0.25, -0.2) is 8.42 Å². The quantitative estimate of drug-likeness (QED) is 0.780. The summed E-state index contributed by atoms with van der Waals surface area (Å²) in [6.45, 7) is 0.855. The van der Waals surface area contributed by atoms with Crippen LogP contribution in [0.3, 0.4) is 0 Å². The first-order valence-corrected chi connectivity index (χ1v) is 8.45. The molecule has 1 heterocycles. The van der Waals surface area contributed by atoms with Crippen molar-refractivity contribution in [3.63, 3.8) is 0 Å². The van der Waals surface area contributed by atoms with Gasteiger partial charge in [0.15, 0.2) is 0 Å². The molecule has 1 saturated heterocycles. The Bertz CT molecular complexity index is 586. The van der Waals surface area contributed by atoms with Crippen molar-refractivity contribution in [2.24, 2.45) is 0 Å². The van der Waals surface area contributed by atoms with Crippen LogP contribution in [0.5, 0.6) is 0 Å². The maximum Gasteiger partial charge on any atom is 0.241 e. The summed E-state index contributed by atoms with van der Waals surface area (Å²) in [5.41, 5.74) is 1.01. The van der Waals surface area contributed by atoms with Crippen LogP contribution in [0, 0.1) is 0 Å². The van der Waals surface area contributed by atoms with E-state index in [1.54, 1.807) is 24.3 Å². The number of anilines is 2. The van der Waals surface area contributed by atoms with Crippen molar-refractivity contribution in [1.29, 1.82) is 0 Å². The average molecular weight is 334 g/mol. The molecular formula is C13H20ClN3O3S. The Kier molecular flexibility index (Phi) is 6.44. The molecule has 1 aromatic carbocycles. The number of amides is 1. The number of carbonyl (C=O) groups is 1. The van der Waals surface area contributed by atoms with Crippen molar-refractivity contribution >= 4 is 39.7 Å². The average Bonchev–Trinajstić information content (AvgIpc) is 2.38. The topological polar surface area (TPSA) is 87.3 Å². The summed E-state index contributed by atoms with van der Waals surface area (Å²) in [4.78, 5) is 12.1.